The van der Waals surface area contributed by atoms with Gasteiger partial charge >= 0.3 is 5.51 Å². The van der Waals surface area contributed by atoms with Crippen LogP contribution in [-0.4, -0.2) is 26.4 Å². The molecule has 0 aliphatic rings. The zero-order valence-corrected chi connectivity index (χ0v) is 6.17. The van der Waals surface area contributed by atoms with Gasteiger partial charge in [0.05, 0.1) is 12.4 Å². The first-order chi connectivity index (χ1) is 4.81. The van der Waals surface area contributed by atoms with Crippen molar-refractivity contribution in [1.82, 2.24) is 0 Å². The molecule has 0 unspecified atom stereocenters. The van der Waals surface area contributed by atoms with Gasteiger partial charge in [-0.1, -0.05) is 0 Å². The Balaban J connectivity index is 4.26. The Bertz CT molecular complexity index is 205. The van der Waals surface area contributed by atoms with Crippen LogP contribution in [0.25, 0.3) is 0 Å². The average molecular weight is 194 g/mol. The number of alkyl halides is 4. The van der Waals surface area contributed by atoms with E-state index < -0.39 is 34.2 Å². The quantitative estimate of drug-likeness (QED) is 0.634. The lowest BCUT2D eigenvalue weighted by Gasteiger charge is -2.05. The van der Waals surface area contributed by atoms with Crippen molar-refractivity contribution in [2.24, 2.45) is 0 Å². The zero-order chi connectivity index (χ0) is 9.12. The first kappa shape index (κ1) is 10.7. The number of sulfone groups is 1. The largest absolute Gasteiger partial charge is 0.497 e. The Kier molecular flexibility index (Phi) is 3.28. The standard InChI is InChI=1S/C4H6F4O2S/c5-2-1-3-11(9,10)4(6,7)8/h1-3H2. The lowest BCUT2D eigenvalue weighted by molar-refractivity contribution is -0.0435. The van der Waals surface area contributed by atoms with Crippen molar-refractivity contribution in [3.05, 3.63) is 0 Å². The molecule has 0 amide bonds. The minimum atomic E-state index is -5.25. The summed E-state index contributed by atoms with van der Waals surface area (Å²) in [5.41, 5.74) is -5.25. The third-order valence-corrected chi connectivity index (χ3v) is 2.43. The normalized spacial score (nSPS) is 13.5. The second-order valence-electron chi connectivity index (χ2n) is 1.81. The van der Waals surface area contributed by atoms with Crippen LogP contribution in [0.2, 0.25) is 0 Å². The highest BCUT2D eigenvalue weighted by Gasteiger charge is 2.44. The second kappa shape index (κ2) is 3.38. The van der Waals surface area contributed by atoms with E-state index in [9.17, 15) is 26.0 Å². The maximum absolute atomic E-state index is 11.4. The van der Waals surface area contributed by atoms with Gasteiger partial charge in [0.2, 0.25) is 9.84 Å². The molecule has 0 aliphatic carbocycles. The van der Waals surface area contributed by atoms with Crippen LogP contribution in [0.15, 0.2) is 0 Å². The molecule has 0 radical (unpaired) electrons. The van der Waals surface area contributed by atoms with E-state index in [2.05, 4.69) is 0 Å². The average Bonchev–Trinajstić information content (AvgIpc) is 1.81. The van der Waals surface area contributed by atoms with E-state index in [4.69, 9.17) is 0 Å². The first-order valence-electron chi connectivity index (χ1n) is 2.66. The number of hydrogen-bond donors (Lipinski definition) is 0. The number of hydrogen-bond acceptors (Lipinski definition) is 2. The van der Waals surface area contributed by atoms with Gasteiger partial charge in [0.25, 0.3) is 0 Å². The van der Waals surface area contributed by atoms with Crippen molar-refractivity contribution >= 4 is 9.84 Å². The van der Waals surface area contributed by atoms with Crippen LogP contribution in [0.5, 0.6) is 0 Å². The van der Waals surface area contributed by atoms with Crippen molar-refractivity contribution in [3.63, 3.8) is 0 Å². The van der Waals surface area contributed by atoms with E-state index in [0.29, 0.717) is 0 Å². The SMILES string of the molecule is O=S(=O)(CCCF)C(F)(F)F. The molecule has 0 saturated carbocycles. The summed E-state index contributed by atoms with van der Waals surface area (Å²) in [6.07, 6.45) is -0.609. The van der Waals surface area contributed by atoms with Crippen LogP contribution in [-0.2, 0) is 9.84 Å². The van der Waals surface area contributed by atoms with E-state index >= 15 is 0 Å². The molecule has 0 saturated heterocycles. The lowest BCUT2D eigenvalue weighted by Crippen LogP contribution is -2.26. The molecule has 7 heteroatoms. The van der Waals surface area contributed by atoms with Crippen LogP contribution >= 0.6 is 0 Å². The number of rotatable bonds is 3. The Morgan fingerprint density at radius 3 is 1.91 bits per heavy atom. The van der Waals surface area contributed by atoms with Crippen molar-refractivity contribution in [2.75, 3.05) is 12.4 Å². The Labute approximate surface area is 61.1 Å². The summed E-state index contributed by atoms with van der Waals surface area (Å²) >= 11 is 0. The summed E-state index contributed by atoms with van der Waals surface area (Å²) in [5.74, 6) is -1.17. The first-order valence-corrected chi connectivity index (χ1v) is 4.31. The highest BCUT2D eigenvalue weighted by Crippen LogP contribution is 2.24. The van der Waals surface area contributed by atoms with Gasteiger partial charge in [-0.2, -0.15) is 13.2 Å². The Morgan fingerprint density at radius 2 is 1.64 bits per heavy atom. The van der Waals surface area contributed by atoms with Crippen LogP contribution < -0.4 is 0 Å². The van der Waals surface area contributed by atoms with Crippen molar-refractivity contribution in [1.29, 1.82) is 0 Å². The summed E-state index contributed by atoms with van der Waals surface area (Å²) in [7, 11) is -5.10. The maximum Gasteiger partial charge on any atom is 0.497 e. The highest BCUT2D eigenvalue weighted by molar-refractivity contribution is 7.92. The Morgan fingerprint density at radius 1 is 1.18 bits per heavy atom. The van der Waals surface area contributed by atoms with Crippen LogP contribution in [0.3, 0.4) is 0 Å². The van der Waals surface area contributed by atoms with Crippen molar-refractivity contribution < 1.29 is 26.0 Å². The maximum atomic E-state index is 11.4. The molecule has 0 aromatic heterocycles. The molecular formula is C4H6F4O2S. The van der Waals surface area contributed by atoms with Gasteiger partial charge in [-0.25, -0.2) is 8.42 Å². The van der Waals surface area contributed by atoms with Crippen LogP contribution in [0, 0.1) is 0 Å². The Hall–Kier alpha value is -0.330. The minimum absolute atomic E-state index is 0.609. The third kappa shape index (κ3) is 3.04. The van der Waals surface area contributed by atoms with E-state index in [0.717, 1.165) is 0 Å². The highest BCUT2D eigenvalue weighted by atomic mass is 32.2. The van der Waals surface area contributed by atoms with Gasteiger partial charge in [-0.15, -0.1) is 0 Å². The zero-order valence-electron chi connectivity index (χ0n) is 5.36. The van der Waals surface area contributed by atoms with Gasteiger partial charge in [0.1, 0.15) is 0 Å². The monoisotopic (exact) mass is 194 g/mol. The van der Waals surface area contributed by atoms with Crippen LogP contribution in [0.4, 0.5) is 17.6 Å². The molecule has 0 atom stereocenters. The molecule has 68 valence electrons. The molecule has 0 spiro atoms. The summed E-state index contributed by atoms with van der Waals surface area (Å²) in [6.45, 7) is -1.06. The summed E-state index contributed by atoms with van der Waals surface area (Å²) < 4.78 is 65.9. The molecule has 0 aliphatic heterocycles. The lowest BCUT2D eigenvalue weighted by atomic mass is 10.6. The topological polar surface area (TPSA) is 34.1 Å². The second-order valence-corrected chi connectivity index (χ2v) is 3.91. The van der Waals surface area contributed by atoms with Gasteiger partial charge in [-0.3, -0.25) is 4.39 Å². The molecule has 0 heterocycles. The number of halogens is 4. The van der Waals surface area contributed by atoms with Crippen molar-refractivity contribution in [2.45, 2.75) is 11.9 Å². The van der Waals surface area contributed by atoms with Gasteiger partial charge in [-0.05, 0) is 6.42 Å². The van der Waals surface area contributed by atoms with E-state index in [1.165, 1.54) is 0 Å². The van der Waals surface area contributed by atoms with Gasteiger partial charge in [0.15, 0.2) is 0 Å². The van der Waals surface area contributed by atoms with Gasteiger partial charge < -0.3 is 0 Å². The van der Waals surface area contributed by atoms with E-state index in [1.54, 1.807) is 0 Å². The predicted octanol–water partition coefficient (Wildman–Crippen LogP) is 1.28. The minimum Gasteiger partial charge on any atom is -0.251 e. The molecular weight excluding hydrogens is 188 g/mol. The van der Waals surface area contributed by atoms with Gasteiger partial charge in [0, 0.05) is 0 Å². The fourth-order valence-corrected chi connectivity index (χ4v) is 1.08. The third-order valence-electron chi connectivity index (χ3n) is 0.899. The molecule has 0 rings (SSSR count). The molecule has 11 heavy (non-hydrogen) atoms. The van der Waals surface area contributed by atoms with Crippen molar-refractivity contribution in [3.8, 4) is 0 Å². The summed E-state index contributed by atoms with van der Waals surface area (Å²) in [5, 5.41) is 0. The van der Waals surface area contributed by atoms with Crippen LogP contribution in [0.1, 0.15) is 6.42 Å². The molecule has 0 aromatic rings. The molecule has 0 aromatic carbocycles. The molecule has 2 nitrogen and oxygen atoms in total. The summed E-state index contributed by atoms with van der Waals surface area (Å²) in [4.78, 5) is 0. The fourth-order valence-electron chi connectivity index (χ4n) is 0.360. The van der Waals surface area contributed by atoms with E-state index in [-0.39, 0.29) is 0 Å². The molecule has 0 bridgehead atoms. The van der Waals surface area contributed by atoms with E-state index in [1.807, 2.05) is 0 Å². The molecule has 0 fully saturated rings. The smallest absolute Gasteiger partial charge is 0.251 e. The molecule has 0 N–H and O–H groups in total. The predicted molar refractivity (Wildman–Crippen MR) is 30.4 cm³/mol. The fraction of sp³-hybridized carbons (Fsp3) is 1.00. The summed E-state index contributed by atoms with van der Waals surface area (Å²) in [6, 6.07) is 0.